The number of benzene rings is 2. The zero-order valence-electron chi connectivity index (χ0n) is 14.2. The van der Waals surface area contributed by atoms with Gasteiger partial charge in [-0.15, -0.1) is 0 Å². The van der Waals surface area contributed by atoms with Gasteiger partial charge in [0.2, 0.25) is 0 Å². The van der Waals surface area contributed by atoms with Gasteiger partial charge in [0, 0.05) is 24.5 Å². The summed E-state index contributed by atoms with van der Waals surface area (Å²) in [4.78, 5) is 1.98. The Morgan fingerprint density at radius 2 is 2.08 bits per heavy atom. The van der Waals surface area contributed by atoms with E-state index in [1.807, 2.05) is 35.2 Å². The molecule has 1 heterocycles. The Hall–Kier alpha value is -2.56. The second-order valence-electron chi connectivity index (χ2n) is 5.66. The molecule has 2 aromatic carbocycles. The number of nitrogens with one attached hydrogen (secondary N) is 2. The fraction of sp³-hybridized carbons (Fsp3) is 0.211. The van der Waals surface area contributed by atoms with Crippen molar-refractivity contribution in [2.24, 2.45) is 5.10 Å². The van der Waals surface area contributed by atoms with Crippen LogP contribution in [0.4, 0.5) is 5.69 Å². The SMILES string of the molecule is N#Cc1cccc(NC(=S)N2CCSC2=NNCCc2ccccc2)c1. The van der Waals surface area contributed by atoms with Crippen LogP contribution in [0, 0.1) is 11.3 Å². The number of amidine groups is 1. The van der Waals surface area contributed by atoms with Gasteiger partial charge in [0.1, 0.15) is 0 Å². The fourth-order valence-corrected chi connectivity index (χ4v) is 3.79. The number of hydrazone groups is 1. The smallest absolute Gasteiger partial charge is 0.189 e. The predicted octanol–water partition coefficient (Wildman–Crippen LogP) is 3.41. The first-order chi connectivity index (χ1) is 12.8. The molecule has 1 aliphatic heterocycles. The fourth-order valence-electron chi connectivity index (χ4n) is 2.51. The predicted molar refractivity (Wildman–Crippen MR) is 112 cm³/mol. The minimum absolute atomic E-state index is 0.591. The van der Waals surface area contributed by atoms with Crippen molar-refractivity contribution in [1.29, 1.82) is 5.26 Å². The van der Waals surface area contributed by atoms with Crippen LogP contribution in [0.2, 0.25) is 0 Å². The first-order valence-corrected chi connectivity index (χ1v) is 9.71. The lowest BCUT2D eigenvalue weighted by Crippen LogP contribution is -2.36. The molecule has 1 saturated heterocycles. The van der Waals surface area contributed by atoms with E-state index in [4.69, 9.17) is 17.5 Å². The monoisotopic (exact) mass is 381 g/mol. The summed E-state index contributed by atoms with van der Waals surface area (Å²) >= 11 is 7.19. The van der Waals surface area contributed by atoms with Crippen molar-refractivity contribution >= 4 is 39.9 Å². The van der Waals surface area contributed by atoms with E-state index >= 15 is 0 Å². The highest BCUT2D eigenvalue weighted by Gasteiger charge is 2.23. The van der Waals surface area contributed by atoms with Crippen molar-refractivity contribution in [2.45, 2.75) is 6.42 Å². The number of hydrogen-bond acceptors (Lipinski definition) is 5. The number of hydrogen-bond donors (Lipinski definition) is 2. The molecule has 0 aliphatic carbocycles. The van der Waals surface area contributed by atoms with Crippen molar-refractivity contribution in [1.82, 2.24) is 10.3 Å². The van der Waals surface area contributed by atoms with Crippen molar-refractivity contribution < 1.29 is 0 Å². The van der Waals surface area contributed by atoms with Crippen LogP contribution in [0.5, 0.6) is 0 Å². The Kier molecular flexibility index (Phi) is 6.47. The van der Waals surface area contributed by atoms with E-state index in [0.717, 1.165) is 36.1 Å². The maximum absolute atomic E-state index is 9.00. The van der Waals surface area contributed by atoms with Crippen LogP contribution in [-0.2, 0) is 6.42 Å². The molecule has 1 aliphatic rings. The van der Waals surface area contributed by atoms with E-state index < -0.39 is 0 Å². The Balaban J connectivity index is 1.55. The lowest BCUT2D eigenvalue weighted by Gasteiger charge is -2.20. The van der Waals surface area contributed by atoms with Gasteiger partial charge in [0.25, 0.3) is 0 Å². The molecule has 5 nitrogen and oxygen atoms in total. The number of nitrogens with zero attached hydrogens (tertiary/aromatic N) is 3. The number of rotatable bonds is 5. The van der Waals surface area contributed by atoms with Gasteiger partial charge in [-0.25, -0.2) is 0 Å². The molecule has 0 saturated carbocycles. The van der Waals surface area contributed by atoms with Crippen LogP contribution < -0.4 is 10.7 Å². The Morgan fingerprint density at radius 1 is 1.23 bits per heavy atom. The van der Waals surface area contributed by atoms with E-state index in [1.165, 1.54) is 5.56 Å². The molecule has 2 aromatic rings. The molecule has 0 atom stereocenters. The summed E-state index contributed by atoms with van der Waals surface area (Å²) < 4.78 is 0. The average Bonchev–Trinajstić information content (AvgIpc) is 3.15. The van der Waals surface area contributed by atoms with Gasteiger partial charge < -0.3 is 10.7 Å². The van der Waals surface area contributed by atoms with Crippen LogP contribution in [-0.4, -0.2) is 34.0 Å². The zero-order valence-corrected chi connectivity index (χ0v) is 15.8. The minimum Gasteiger partial charge on any atom is -0.332 e. The molecule has 0 amide bonds. The first kappa shape index (κ1) is 18.2. The highest BCUT2D eigenvalue weighted by Crippen LogP contribution is 2.19. The van der Waals surface area contributed by atoms with Crippen molar-refractivity contribution in [2.75, 3.05) is 24.2 Å². The van der Waals surface area contributed by atoms with Crippen molar-refractivity contribution in [3.05, 3.63) is 65.7 Å². The maximum Gasteiger partial charge on any atom is 0.189 e. The summed E-state index contributed by atoms with van der Waals surface area (Å²) in [6, 6.07) is 19.7. The molecule has 0 radical (unpaired) electrons. The molecule has 0 aromatic heterocycles. The summed E-state index contributed by atoms with van der Waals surface area (Å²) in [7, 11) is 0. The van der Waals surface area contributed by atoms with Gasteiger partial charge in [-0.2, -0.15) is 10.4 Å². The Bertz CT molecular complexity index is 829. The second-order valence-corrected chi connectivity index (χ2v) is 7.11. The molecule has 3 rings (SSSR count). The maximum atomic E-state index is 9.00. The highest BCUT2D eigenvalue weighted by molar-refractivity contribution is 8.14. The van der Waals surface area contributed by atoms with Crippen LogP contribution in [0.1, 0.15) is 11.1 Å². The van der Waals surface area contributed by atoms with Gasteiger partial charge in [-0.05, 0) is 42.4 Å². The third kappa shape index (κ3) is 4.97. The first-order valence-electron chi connectivity index (χ1n) is 8.32. The van der Waals surface area contributed by atoms with E-state index in [9.17, 15) is 0 Å². The molecule has 0 spiro atoms. The van der Waals surface area contributed by atoms with Crippen LogP contribution in [0.25, 0.3) is 0 Å². The van der Waals surface area contributed by atoms with E-state index in [-0.39, 0.29) is 0 Å². The average molecular weight is 382 g/mol. The van der Waals surface area contributed by atoms with Crippen LogP contribution in [0.3, 0.4) is 0 Å². The largest absolute Gasteiger partial charge is 0.332 e. The molecule has 0 unspecified atom stereocenters. The summed E-state index contributed by atoms with van der Waals surface area (Å²) in [5.41, 5.74) is 5.83. The number of nitriles is 1. The van der Waals surface area contributed by atoms with E-state index in [0.29, 0.717) is 10.7 Å². The molecular weight excluding hydrogens is 362 g/mol. The standard InChI is InChI=1S/C19H19N5S2/c20-14-16-7-4-8-17(13-16)22-18(25)24-11-12-26-19(24)23-21-10-9-15-5-2-1-3-6-15/h1-8,13,21H,9-12H2,(H,22,25). The number of thioether (sulfide) groups is 1. The van der Waals surface area contributed by atoms with Crippen molar-refractivity contribution in [3.8, 4) is 6.07 Å². The third-order valence-electron chi connectivity index (χ3n) is 3.81. The summed E-state index contributed by atoms with van der Waals surface area (Å²) in [5, 5.41) is 18.1. The molecule has 132 valence electrons. The van der Waals surface area contributed by atoms with Crippen LogP contribution >= 0.6 is 24.0 Å². The highest BCUT2D eigenvalue weighted by atomic mass is 32.2. The molecule has 1 fully saturated rings. The molecule has 7 heteroatoms. The molecule has 0 bridgehead atoms. The topological polar surface area (TPSA) is 63.5 Å². The quantitative estimate of drug-likeness (QED) is 0.470. The van der Waals surface area contributed by atoms with Gasteiger partial charge in [0.15, 0.2) is 10.3 Å². The number of anilines is 1. The Labute approximate surface area is 163 Å². The minimum atomic E-state index is 0.591. The second kappa shape index (κ2) is 9.22. The van der Waals surface area contributed by atoms with Gasteiger partial charge in [-0.1, -0.05) is 48.2 Å². The molecule has 26 heavy (non-hydrogen) atoms. The van der Waals surface area contributed by atoms with E-state index in [1.54, 1.807) is 23.9 Å². The molecular formula is C19H19N5S2. The summed E-state index contributed by atoms with van der Waals surface area (Å²) in [6.45, 7) is 1.58. The van der Waals surface area contributed by atoms with Gasteiger partial charge >= 0.3 is 0 Å². The lowest BCUT2D eigenvalue weighted by molar-refractivity contribution is 0.659. The van der Waals surface area contributed by atoms with Crippen LogP contribution in [0.15, 0.2) is 59.7 Å². The normalized spacial score (nSPS) is 14.9. The lowest BCUT2D eigenvalue weighted by atomic mass is 10.2. The third-order valence-corrected chi connectivity index (χ3v) is 5.09. The zero-order chi connectivity index (χ0) is 18.2. The van der Waals surface area contributed by atoms with Gasteiger partial charge in [-0.3, -0.25) is 4.90 Å². The number of thiocarbonyl (C=S) groups is 1. The Morgan fingerprint density at radius 3 is 2.88 bits per heavy atom. The van der Waals surface area contributed by atoms with Gasteiger partial charge in [0.05, 0.1) is 11.6 Å². The summed E-state index contributed by atoms with van der Waals surface area (Å²) in [6.07, 6.45) is 0.923. The molecule has 2 N–H and O–H groups in total. The van der Waals surface area contributed by atoms with E-state index in [2.05, 4.69) is 34.0 Å². The summed E-state index contributed by atoms with van der Waals surface area (Å²) in [5.74, 6) is 0.944. The van der Waals surface area contributed by atoms with Crippen molar-refractivity contribution in [3.63, 3.8) is 0 Å².